The maximum absolute atomic E-state index is 11.9. The molecule has 19 heavy (non-hydrogen) atoms. The number of carboxylic acids is 1. The van der Waals surface area contributed by atoms with Crippen LogP contribution in [0.3, 0.4) is 0 Å². The Bertz CT molecular complexity index is 342. The number of urea groups is 1. The molecule has 0 atom stereocenters. The Morgan fingerprint density at radius 3 is 2.47 bits per heavy atom. The normalized spacial score (nSPS) is 13.7. The second-order valence-electron chi connectivity index (χ2n) is 4.58. The van der Waals surface area contributed by atoms with E-state index in [2.05, 4.69) is 10.6 Å². The zero-order chi connectivity index (χ0) is 14.3. The molecule has 3 amide bonds. The zero-order valence-corrected chi connectivity index (χ0v) is 11.1. The molecule has 108 valence electrons. The molecule has 7 nitrogen and oxygen atoms in total. The van der Waals surface area contributed by atoms with Crippen molar-refractivity contribution in [2.75, 3.05) is 19.6 Å². The highest BCUT2D eigenvalue weighted by Gasteiger charge is 2.32. The highest BCUT2D eigenvalue weighted by Crippen LogP contribution is 2.26. The minimum absolute atomic E-state index is 0.0743. The third-order valence-corrected chi connectivity index (χ3v) is 2.79. The monoisotopic (exact) mass is 271 g/mol. The minimum Gasteiger partial charge on any atom is -0.481 e. The standard InChI is InChI=1S/C12H21N3O4/c1-2-6-13-10(16)8-14-12(19)15(9-3-4-9)7-5-11(17)18/h9H,2-8H2,1H3,(H,13,16)(H,14,19)(H,17,18). The fourth-order valence-electron chi connectivity index (χ4n) is 1.64. The van der Waals surface area contributed by atoms with Crippen LogP contribution in [-0.4, -0.2) is 53.6 Å². The van der Waals surface area contributed by atoms with Crippen molar-refractivity contribution in [3.8, 4) is 0 Å². The van der Waals surface area contributed by atoms with Crippen molar-refractivity contribution < 1.29 is 19.5 Å². The number of nitrogens with one attached hydrogen (secondary N) is 2. The predicted octanol–water partition coefficient (Wildman–Crippen LogP) is 0.161. The van der Waals surface area contributed by atoms with Crippen molar-refractivity contribution >= 4 is 17.9 Å². The smallest absolute Gasteiger partial charge is 0.318 e. The van der Waals surface area contributed by atoms with Gasteiger partial charge in [0.25, 0.3) is 0 Å². The van der Waals surface area contributed by atoms with E-state index >= 15 is 0 Å². The van der Waals surface area contributed by atoms with Gasteiger partial charge in [-0.1, -0.05) is 6.92 Å². The van der Waals surface area contributed by atoms with Crippen LogP contribution < -0.4 is 10.6 Å². The van der Waals surface area contributed by atoms with Gasteiger partial charge in [0.05, 0.1) is 13.0 Å². The Balaban J connectivity index is 2.31. The molecule has 1 saturated carbocycles. The zero-order valence-electron chi connectivity index (χ0n) is 11.1. The Labute approximate surface area is 112 Å². The minimum atomic E-state index is -0.931. The Morgan fingerprint density at radius 1 is 1.26 bits per heavy atom. The molecule has 0 aliphatic heterocycles. The van der Waals surface area contributed by atoms with Gasteiger partial charge in [0.2, 0.25) is 5.91 Å². The van der Waals surface area contributed by atoms with Gasteiger partial charge in [-0.25, -0.2) is 4.79 Å². The summed E-state index contributed by atoms with van der Waals surface area (Å²) in [5.41, 5.74) is 0. The van der Waals surface area contributed by atoms with E-state index in [9.17, 15) is 14.4 Å². The van der Waals surface area contributed by atoms with E-state index in [4.69, 9.17) is 5.11 Å². The summed E-state index contributed by atoms with van der Waals surface area (Å²) in [6.45, 7) is 2.64. The van der Waals surface area contributed by atoms with Gasteiger partial charge in [-0.05, 0) is 19.3 Å². The molecule has 0 bridgehead atoms. The van der Waals surface area contributed by atoms with E-state index in [-0.39, 0.29) is 37.5 Å². The molecule has 1 aliphatic carbocycles. The summed E-state index contributed by atoms with van der Waals surface area (Å²) in [5.74, 6) is -1.16. The molecule has 3 N–H and O–H groups in total. The summed E-state index contributed by atoms with van der Waals surface area (Å²) in [5, 5.41) is 13.8. The second kappa shape index (κ2) is 7.60. The van der Waals surface area contributed by atoms with E-state index in [0.717, 1.165) is 19.3 Å². The molecule has 0 unspecified atom stereocenters. The van der Waals surface area contributed by atoms with Crippen molar-refractivity contribution in [3.63, 3.8) is 0 Å². The van der Waals surface area contributed by atoms with Crippen molar-refractivity contribution in [1.29, 1.82) is 0 Å². The molecule has 0 aromatic carbocycles. The van der Waals surface area contributed by atoms with Crippen molar-refractivity contribution in [1.82, 2.24) is 15.5 Å². The largest absolute Gasteiger partial charge is 0.481 e. The molecule has 0 radical (unpaired) electrons. The molecule has 1 rings (SSSR count). The summed E-state index contributed by atoms with van der Waals surface area (Å²) >= 11 is 0. The number of aliphatic carboxylic acids is 1. The summed E-state index contributed by atoms with van der Waals surface area (Å²) in [6, 6.07) is -0.242. The van der Waals surface area contributed by atoms with Gasteiger partial charge in [-0.3, -0.25) is 9.59 Å². The number of hydrogen-bond acceptors (Lipinski definition) is 3. The van der Waals surface area contributed by atoms with Crippen LogP contribution in [0, 0.1) is 0 Å². The molecule has 7 heteroatoms. The number of rotatable bonds is 8. The first-order valence-corrected chi connectivity index (χ1v) is 6.57. The third-order valence-electron chi connectivity index (χ3n) is 2.79. The van der Waals surface area contributed by atoms with Crippen LogP contribution in [0.2, 0.25) is 0 Å². The van der Waals surface area contributed by atoms with Crippen LogP contribution in [0.15, 0.2) is 0 Å². The first-order valence-electron chi connectivity index (χ1n) is 6.57. The van der Waals surface area contributed by atoms with E-state index in [1.165, 1.54) is 4.90 Å². The molecule has 0 aromatic rings. The first kappa shape index (κ1) is 15.3. The molecular formula is C12H21N3O4. The number of carbonyl (C=O) groups excluding carboxylic acids is 2. The van der Waals surface area contributed by atoms with Crippen molar-refractivity contribution in [2.24, 2.45) is 0 Å². The van der Waals surface area contributed by atoms with E-state index < -0.39 is 5.97 Å². The highest BCUT2D eigenvalue weighted by molar-refractivity contribution is 5.84. The van der Waals surface area contributed by atoms with Gasteiger partial charge >= 0.3 is 12.0 Å². The van der Waals surface area contributed by atoms with Crippen LogP contribution in [0.5, 0.6) is 0 Å². The molecule has 0 aromatic heterocycles. The Morgan fingerprint density at radius 2 is 1.95 bits per heavy atom. The first-order chi connectivity index (χ1) is 9.04. The fraction of sp³-hybridized carbons (Fsp3) is 0.750. The summed E-state index contributed by atoms with van der Waals surface area (Å²) < 4.78 is 0. The van der Waals surface area contributed by atoms with Gasteiger partial charge < -0.3 is 20.6 Å². The van der Waals surface area contributed by atoms with Crippen LogP contribution in [0.1, 0.15) is 32.6 Å². The van der Waals surface area contributed by atoms with Gasteiger partial charge in [0.15, 0.2) is 0 Å². The van der Waals surface area contributed by atoms with Crippen LogP contribution in [-0.2, 0) is 9.59 Å². The molecule has 0 heterocycles. The predicted molar refractivity (Wildman–Crippen MR) is 68.7 cm³/mol. The average Bonchev–Trinajstić information content (AvgIpc) is 3.18. The lowest BCUT2D eigenvalue weighted by molar-refractivity contribution is -0.137. The maximum atomic E-state index is 11.9. The topological polar surface area (TPSA) is 98.7 Å². The number of nitrogens with zero attached hydrogens (tertiary/aromatic N) is 1. The fourth-order valence-corrected chi connectivity index (χ4v) is 1.64. The quantitative estimate of drug-likeness (QED) is 0.585. The second-order valence-corrected chi connectivity index (χ2v) is 4.58. The van der Waals surface area contributed by atoms with E-state index in [1.54, 1.807) is 0 Å². The SMILES string of the molecule is CCCNC(=O)CNC(=O)N(CCC(=O)O)C1CC1. The van der Waals surface area contributed by atoms with Crippen LogP contribution in [0.4, 0.5) is 4.79 Å². The summed E-state index contributed by atoms with van der Waals surface area (Å²) in [4.78, 5) is 35.2. The van der Waals surface area contributed by atoms with Gasteiger partial charge in [-0.15, -0.1) is 0 Å². The number of carbonyl (C=O) groups is 3. The van der Waals surface area contributed by atoms with Gasteiger partial charge in [0.1, 0.15) is 0 Å². The highest BCUT2D eigenvalue weighted by atomic mass is 16.4. The number of hydrogen-bond donors (Lipinski definition) is 3. The Hall–Kier alpha value is -1.79. The van der Waals surface area contributed by atoms with Crippen LogP contribution >= 0.6 is 0 Å². The maximum Gasteiger partial charge on any atom is 0.318 e. The van der Waals surface area contributed by atoms with Gasteiger partial charge in [-0.2, -0.15) is 0 Å². The van der Waals surface area contributed by atoms with E-state index in [0.29, 0.717) is 6.54 Å². The lowest BCUT2D eigenvalue weighted by atomic mass is 10.4. The van der Waals surface area contributed by atoms with Crippen LogP contribution in [0.25, 0.3) is 0 Å². The summed E-state index contributed by atoms with van der Waals surface area (Å²) in [7, 11) is 0. The van der Waals surface area contributed by atoms with E-state index in [1.807, 2.05) is 6.92 Å². The molecular weight excluding hydrogens is 250 g/mol. The summed E-state index contributed by atoms with van der Waals surface area (Å²) in [6.07, 6.45) is 2.56. The van der Waals surface area contributed by atoms with Crippen molar-refractivity contribution in [2.45, 2.75) is 38.6 Å². The molecule has 0 saturated heterocycles. The molecule has 1 aliphatic rings. The third kappa shape index (κ3) is 6.08. The average molecular weight is 271 g/mol. The number of carboxylic acid groups (broad SMARTS) is 1. The number of amides is 3. The lowest BCUT2D eigenvalue weighted by Crippen LogP contribution is -2.46. The van der Waals surface area contributed by atoms with Crippen molar-refractivity contribution in [3.05, 3.63) is 0 Å². The Kier molecular flexibility index (Phi) is 6.11. The molecule has 1 fully saturated rings. The van der Waals surface area contributed by atoms with Gasteiger partial charge in [0, 0.05) is 19.1 Å². The lowest BCUT2D eigenvalue weighted by Gasteiger charge is -2.21. The molecule has 0 spiro atoms.